The van der Waals surface area contributed by atoms with Crippen LogP contribution < -0.4 is 4.90 Å². The first-order valence-electron chi connectivity index (χ1n) is 8.80. The van der Waals surface area contributed by atoms with Crippen molar-refractivity contribution in [2.75, 3.05) is 18.0 Å². The minimum Gasteiger partial charge on any atom is -0.361 e. The van der Waals surface area contributed by atoms with Gasteiger partial charge in [-0.3, -0.25) is 9.48 Å². The van der Waals surface area contributed by atoms with E-state index in [1.807, 2.05) is 0 Å². The fraction of sp³-hybridized carbons (Fsp3) is 0.263. The number of carbonyl (C=O) groups is 2. The van der Waals surface area contributed by atoms with E-state index in [2.05, 4.69) is 10.3 Å². The lowest BCUT2D eigenvalue weighted by Crippen LogP contribution is -2.33. The highest BCUT2D eigenvalue weighted by molar-refractivity contribution is 6.19. The van der Waals surface area contributed by atoms with Crippen molar-refractivity contribution in [1.82, 2.24) is 19.8 Å². The van der Waals surface area contributed by atoms with Gasteiger partial charge in [0, 0.05) is 18.3 Å². The van der Waals surface area contributed by atoms with Gasteiger partial charge in [-0.05, 0) is 31.0 Å². The molecular formula is C19H18FN5O3. The molecule has 1 fully saturated rings. The molecule has 1 aromatic carbocycles. The second-order valence-corrected chi connectivity index (χ2v) is 6.62. The number of rotatable bonds is 6. The SMILES string of the molecule is Cc1oncc1Cn1cc(N2C(=O)CN(CCc3cccc(F)c3)C2=O)cn1. The van der Waals surface area contributed by atoms with Crippen molar-refractivity contribution in [3.05, 3.63) is 65.6 Å². The normalized spacial score (nSPS) is 14.4. The fourth-order valence-electron chi connectivity index (χ4n) is 3.14. The standard InChI is InChI=1S/C19H18FN5O3/c1-13-15(8-22-28-13)10-24-11-17(9-21-24)25-18(26)12-23(19(25)27)6-5-14-3-2-4-16(20)7-14/h2-4,7-9,11H,5-6,10,12H2,1H3. The number of carbonyl (C=O) groups excluding carboxylic acids is 2. The summed E-state index contributed by atoms with van der Waals surface area (Å²) in [7, 11) is 0. The highest BCUT2D eigenvalue weighted by Gasteiger charge is 2.37. The van der Waals surface area contributed by atoms with Crippen molar-refractivity contribution in [2.24, 2.45) is 0 Å². The average molecular weight is 383 g/mol. The van der Waals surface area contributed by atoms with Crippen LogP contribution in [0.2, 0.25) is 0 Å². The van der Waals surface area contributed by atoms with E-state index < -0.39 is 6.03 Å². The molecule has 28 heavy (non-hydrogen) atoms. The number of amides is 3. The Morgan fingerprint density at radius 3 is 2.86 bits per heavy atom. The van der Waals surface area contributed by atoms with Crippen LogP contribution >= 0.6 is 0 Å². The third-order valence-corrected chi connectivity index (χ3v) is 4.66. The number of hydrogen-bond acceptors (Lipinski definition) is 5. The third-order valence-electron chi connectivity index (χ3n) is 4.66. The van der Waals surface area contributed by atoms with Gasteiger partial charge in [0.15, 0.2) is 0 Å². The highest BCUT2D eigenvalue weighted by Crippen LogP contribution is 2.22. The van der Waals surface area contributed by atoms with E-state index in [4.69, 9.17) is 4.52 Å². The minimum absolute atomic E-state index is 0.00983. The van der Waals surface area contributed by atoms with Crippen molar-refractivity contribution in [2.45, 2.75) is 19.9 Å². The third kappa shape index (κ3) is 3.51. The van der Waals surface area contributed by atoms with Crippen molar-refractivity contribution >= 4 is 17.6 Å². The molecule has 0 spiro atoms. The molecule has 0 radical (unpaired) electrons. The van der Waals surface area contributed by atoms with Crippen LogP contribution in [0.3, 0.4) is 0 Å². The maximum Gasteiger partial charge on any atom is 0.331 e. The first-order valence-corrected chi connectivity index (χ1v) is 8.80. The first kappa shape index (κ1) is 17.9. The molecule has 1 saturated heterocycles. The van der Waals surface area contributed by atoms with Crippen LogP contribution in [0.15, 0.2) is 47.4 Å². The molecule has 1 aliphatic heterocycles. The molecule has 0 atom stereocenters. The molecular weight excluding hydrogens is 365 g/mol. The summed E-state index contributed by atoms with van der Waals surface area (Å²) in [6.07, 6.45) is 5.20. The minimum atomic E-state index is -0.401. The van der Waals surface area contributed by atoms with Gasteiger partial charge in [-0.2, -0.15) is 5.10 Å². The smallest absolute Gasteiger partial charge is 0.331 e. The summed E-state index contributed by atoms with van der Waals surface area (Å²) in [5, 5.41) is 7.94. The predicted octanol–water partition coefficient (Wildman–Crippen LogP) is 2.38. The van der Waals surface area contributed by atoms with E-state index >= 15 is 0 Å². The number of benzene rings is 1. The van der Waals surface area contributed by atoms with Crippen LogP contribution in [-0.2, 0) is 17.8 Å². The second-order valence-electron chi connectivity index (χ2n) is 6.62. The number of hydrogen-bond donors (Lipinski definition) is 0. The largest absolute Gasteiger partial charge is 0.361 e. The number of urea groups is 1. The summed E-state index contributed by atoms with van der Waals surface area (Å²) < 4.78 is 19.9. The summed E-state index contributed by atoms with van der Waals surface area (Å²) in [5.41, 5.74) is 2.05. The zero-order chi connectivity index (χ0) is 19.7. The Kier molecular flexibility index (Phi) is 4.64. The van der Waals surface area contributed by atoms with Crippen molar-refractivity contribution in [3.63, 3.8) is 0 Å². The Labute approximate surface area is 160 Å². The molecule has 1 aliphatic rings. The van der Waals surface area contributed by atoms with Gasteiger partial charge in [-0.1, -0.05) is 17.3 Å². The molecule has 2 aromatic heterocycles. The first-order chi connectivity index (χ1) is 13.5. The van der Waals surface area contributed by atoms with Gasteiger partial charge < -0.3 is 9.42 Å². The van der Waals surface area contributed by atoms with Gasteiger partial charge in [0.25, 0.3) is 5.91 Å². The molecule has 144 valence electrons. The lowest BCUT2D eigenvalue weighted by Gasteiger charge is -2.16. The maximum absolute atomic E-state index is 13.3. The Morgan fingerprint density at radius 1 is 1.25 bits per heavy atom. The molecule has 0 N–H and O–H groups in total. The van der Waals surface area contributed by atoms with Crippen LogP contribution in [0.1, 0.15) is 16.9 Å². The van der Waals surface area contributed by atoms with Crippen molar-refractivity contribution in [1.29, 1.82) is 0 Å². The van der Waals surface area contributed by atoms with Gasteiger partial charge in [-0.15, -0.1) is 0 Å². The molecule has 9 heteroatoms. The second kappa shape index (κ2) is 7.26. The quantitative estimate of drug-likeness (QED) is 0.610. The molecule has 4 rings (SSSR count). The Bertz CT molecular complexity index is 1030. The lowest BCUT2D eigenvalue weighted by atomic mass is 10.1. The molecule has 3 amide bonds. The van der Waals surface area contributed by atoms with E-state index in [-0.39, 0.29) is 18.3 Å². The summed E-state index contributed by atoms with van der Waals surface area (Å²) in [4.78, 5) is 27.6. The Balaban J connectivity index is 1.43. The van der Waals surface area contributed by atoms with Crippen LogP contribution in [0.4, 0.5) is 14.9 Å². The molecule has 0 saturated carbocycles. The zero-order valence-electron chi connectivity index (χ0n) is 15.2. The maximum atomic E-state index is 13.3. The lowest BCUT2D eigenvalue weighted by molar-refractivity contribution is -0.116. The number of nitrogens with zero attached hydrogens (tertiary/aromatic N) is 5. The molecule has 8 nitrogen and oxygen atoms in total. The molecule has 3 aromatic rings. The van der Waals surface area contributed by atoms with Crippen molar-refractivity contribution in [3.8, 4) is 0 Å². The number of aromatic nitrogens is 3. The predicted molar refractivity (Wildman–Crippen MR) is 97.1 cm³/mol. The molecule has 0 aliphatic carbocycles. The van der Waals surface area contributed by atoms with Gasteiger partial charge in [0.05, 0.1) is 24.6 Å². The average Bonchev–Trinajstić information content (AvgIpc) is 3.35. The van der Waals surface area contributed by atoms with Crippen LogP contribution in [0, 0.1) is 12.7 Å². The molecule has 3 heterocycles. The van der Waals surface area contributed by atoms with Gasteiger partial charge in [-0.25, -0.2) is 14.1 Å². The molecule has 0 unspecified atom stereocenters. The number of anilines is 1. The summed E-state index contributed by atoms with van der Waals surface area (Å²) >= 11 is 0. The van der Waals surface area contributed by atoms with E-state index in [0.717, 1.165) is 16.0 Å². The summed E-state index contributed by atoms with van der Waals surface area (Å²) in [6, 6.07) is 5.81. The van der Waals surface area contributed by atoms with Crippen LogP contribution in [-0.4, -0.2) is 44.9 Å². The number of aryl methyl sites for hydroxylation is 1. The number of halogens is 1. The van der Waals surface area contributed by atoms with Gasteiger partial charge in [0.1, 0.15) is 18.1 Å². The van der Waals surface area contributed by atoms with E-state index in [0.29, 0.717) is 31.0 Å². The topological polar surface area (TPSA) is 84.5 Å². The monoisotopic (exact) mass is 383 g/mol. The van der Waals surface area contributed by atoms with Crippen LogP contribution in [0.5, 0.6) is 0 Å². The van der Waals surface area contributed by atoms with Gasteiger partial charge >= 0.3 is 6.03 Å². The Hall–Kier alpha value is -3.49. The fourth-order valence-corrected chi connectivity index (χ4v) is 3.14. The van der Waals surface area contributed by atoms with Crippen LogP contribution in [0.25, 0.3) is 0 Å². The Morgan fingerprint density at radius 2 is 2.11 bits per heavy atom. The summed E-state index contributed by atoms with van der Waals surface area (Å²) in [5.74, 6) is 0.0530. The van der Waals surface area contributed by atoms with Crippen molar-refractivity contribution < 1.29 is 18.5 Å². The number of imide groups is 1. The zero-order valence-corrected chi connectivity index (χ0v) is 15.2. The van der Waals surface area contributed by atoms with E-state index in [9.17, 15) is 14.0 Å². The molecule has 0 bridgehead atoms. The summed E-state index contributed by atoms with van der Waals surface area (Å²) in [6.45, 7) is 2.55. The van der Waals surface area contributed by atoms with Gasteiger partial charge in [0.2, 0.25) is 0 Å². The van der Waals surface area contributed by atoms with E-state index in [1.165, 1.54) is 23.2 Å². The van der Waals surface area contributed by atoms with E-state index in [1.54, 1.807) is 36.1 Å². The highest BCUT2D eigenvalue weighted by atomic mass is 19.1.